The predicted octanol–water partition coefficient (Wildman–Crippen LogP) is 21.8. The minimum absolute atomic E-state index is 0.0812. The summed E-state index contributed by atoms with van der Waals surface area (Å²) in [4.78, 5) is 41.7. The number of halogens is 7. The highest BCUT2D eigenvalue weighted by atomic mass is 32.2. The van der Waals surface area contributed by atoms with E-state index in [1.165, 1.54) is 64.0 Å². The van der Waals surface area contributed by atoms with Gasteiger partial charge in [-0.3, -0.25) is 14.4 Å². The topological polar surface area (TPSA) is 184 Å². The van der Waals surface area contributed by atoms with Gasteiger partial charge in [0.05, 0.1) is 32.1 Å². The van der Waals surface area contributed by atoms with Crippen molar-refractivity contribution in [2.24, 2.45) is 28.1 Å². The van der Waals surface area contributed by atoms with Gasteiger partial charge >= 0.3 is 35.9 Å². The van der Waals surface area contributed by atoms with Gasteiger partial charge in [-0.25, -0.2) is 12.8 Å². The number of hydrogen-bond acceptors (Lipinski definition) is 13. The second kappa shape index (κ2) is 33.9. The van der Waals surface area contributed by atoms with Crippen molar-refractivity contribution < 1.29 is 91.6 Å². The Labute approximate surface area is 618 Å². The van der Waals surface area contributed by atoms with Gasteiger partial charge in [0.2, 0.25) is 9.79 Å². The molecular formula is C83H103F7O13S2. The first-order valence-corrected chi connectivity index (χ1v) is 39.4. The molecule has 6 aliphatic carbocycles. The fraction of sp³-hybridized carbons (Fsp3) is 0.530. The van der Waals surface area contributed by atoms with Crippen molar-refractivity contribution >= 4 is 38.9 Å². The molecule has 1 heterocycles. The molecule has 0 aromatic heterocycles. The molecule has 13 rings (SSSR count). The first-order valence-electron chi connectivity index (χ1n) is 36.6. The summed E-state index contributed by atoms with van der Waals surface area (Å²) in [5, 5.41) is 9.16. The third kappa shape index (κ3) is 20.9. The van der Waals surface area contributed by atoms with Crippen molar-refractivity contribution in [3.63, 3.8) is 0 Å². The Balaban J connectivity index is 0.000000174. The maximum atomic E-state index is 14.2. The highest BCUT2D eigenvalue weighted by Crippen LogP contribution is 2.64. The molecule has 1 aliphatic heterocycles. The molecule has 13 nitrogen and oxygen atoms in total. The van der Waals surface area contributed by atoms with Gasteiger partial charge in [-0.15, -0.1) is 0 Å². The zero-order valence-corrected chi connectivity index (χ0v) is 64.0. The van der Waals surface area contributed by atoms with Crippen LogP contribution in [0.1, 0.15) is 222 Å². The van der Waals surface area contributed by atoms with Crippen molar-refractivity contribution in [3.05, 3.63) is 163 Å². The van der Waals surface area contributed by atoms with Crippen molar-refractivity contribution in [1.82, 2.24) is 0 Å². The van der Waals surface area contributed by atoms with E-state index in [2.05, 4.69) is 118 Å². The molecule has 0 radical (unpaired) electrons. The monoisotopic (exact) mass is 1500 g/mol. The van der Waals surface area contributed by atoms with Crippen LogP contribution < -0.4 is 18.9 Å². The lowest BCUT2D eigenvalue weighted by atomic mass is 9.48. The molecule has 4 unspecified atom stereocenters. The van der Waals surface area contributed by atoms with Crippen LogP contribution in [0.15, 0.2) is 160 Å². The second-order valence-electron chi connectivity index (χ2n) is 31.1. The molecule has 4 bridgehead atoms. The third-order valence-electron chi connectivity index (χ3n) is 21.8. The van der Waals surface area contributed by atoms with Gasteiger partial charge in [0.25, 0.3) is 0 Å². The first kappa shape index (κ1) is 83.3. The Morgan fingerprint density at radius 2 is 1.10 bits per heavy atom. The number of rotatable bonds is 19. The van der Waals surface area contributed by atoms with Gasteiger partial charge in [0.15, 0.2) is 28.0 Å². The van der Waals surface area contributed by atoms with E-state index in [1.807, 2.05) is 70.2 Å². The quantitative estimate of drug-likeness (QED) is 0.0265. The van der Waals surface area contributed by atoms with Gasteiger partial charge in [-0.2, -0.15) is 26.3 Å². The Morgan fingerprint density at radius 3 is 1.58 bits per heavy atom. The number of benzene rings is 6. The Morgan fingerprint density at radius 1 is 0.610 bits per heavy atom. The summed E-state index contributed by atoms with van der Waals surface area (Å²) >= 11 is 0. The molecule has 7 aliphatic rings. The lowest BCUT2D eigenvalue weighted by Crippen LogP contribution is -2.66. The zero-order chi connectivity index (χ0) is 77.2. The number of phenolic OH excluding ortho intramolecular Hbond substituents is 1. The molecule has 0 saturated heterocycles. The van der Waals surface area contributed by atoms with Crippen molar-refractivity contribution in [2.75, 3.05) is 5.75 Å². The van der Waals surface area contributed by atoms with Gasteiger partial charge in [-0.05, 0) is 258 Å². The average Bonchev–Trinajstić information content (AvgIpc) is 1.10. The number of carbonyl (C=O) groups excluding carboxylic acids is 3. The summed E-state index contributed by atoms with van der Waals surface area (Å²) in [6, 6.07) is 47.8. The predicted molar refractivity (Wildman–Crippen MR) is 390 cm³/mol. The standard InChI is InChI=1S/C21H28F6O7S.C18H25FO3.C18H13OS.C16H24O.C10H14O/c1-4-16(2,3)14(28)33-18-8-12-5-13(9-18)7-17(6-12,10-18)15(29)34-19(20(22,23)24,21(25,26)27)11-35(30,31)32;1-5-17(2,3)16(20)21-13-8-9-15(14(19)12-13)22-18(4)10-6-7-11-18;1-2-8-14(9-3-1)20-17-12-6-4-10-15(17)19-16-11-5-7-13-18(16)20;1-4-13(2)14-7-9-15(10-8-14)17-16(3)11-5-6-12-16;1-3-8(2)9-5-4-6-10(11)7-9/h12-13H,4-11H2,1-3H3,(H,30,31,32);8-9,12H,5-7,10-11H2,1-4H3;1-13H;7-10,13H,4-6,11-12H2,1-3H3;4-8,11H,3H2,1-2H3/q;;+1;;/p-1. The molecule has 6 fully saturated rings. The number of alkyl halides is 6. The van der Waals surface area contributed by atoms with Crippen LogP contribution in [-0.2, 0) is 44.9 Å². The molecule has 1 N–H and O–H groups in total. The molecular weight excluding hydrogens is 1400 g/mol. The molecule has 574 valence electrons. The van der Waals surface area contributed by atoms with Gasteiger partial charge < -0.3 is 38.1 Å². The number of hydrogen-bond donors (Lipinski definition) is 1. The summed E-state index contributed by atoms with van der Waals surface area (Å²) in [7, 11) is -6.22. The van der Waals surface area contributed by atoms with Crippen molar-refractivity contribution in [2.45, 2.75) is 260 Å². The maximum Gasteiger partial charge on any atom is 0.438 e. The van der Waals surface area contributed by atoms with E-state index < -0.39 is 73.4 Å². The molecule has 4 atom stereocenters. The first-order chi connectivity index (χ1) is 49.1. The third-order valence-corrected chi connectivity index (χ3v) is 24.9. The number of carbonyl (C=O) groups is 3. The molecule has 22 heteroatoms. The van der Waals surface area contributed by atoms with Gasteiger partial charge in [0, 0.05) is 12.5 Å². The van der Waals surface area contributed by atoms with Gasteiger partial charge in [0.1, 0.15) is 44.9 Å². The molecule has 105 heavy (non-hydrogen) atoms. The minimum Gasteiger partial charge on any atom is -0.748 e. The van der Waals surface area contributed by atoms with E-state index in [0.29, 0.717) is 49.7 Å². The SMILES string of the molecule is CCC(C)(C)C(=O)OC12CC3CC(C1)CC(C(=O)OC(CS(=O)(=O)[O-])(C(F)(F)F)C(F)(F)F)(C3)C2.CCC(C)(C)C(=O)Oc1ccc(OC2(C)CCCC2)c(F)c1.CCC(C)c1ccc(OC2(C)CCCC2)cc1.CCC(C)c1cccc(O)c1.c1ccc([S+]2c3ccccc3Oc3ccccc32)cc1. The Hall–Kier alpha value is -7.30. The van der Waals surface area contributed by atoms with Crippen LogP contribution in [0, 0.1) is 33.9 Å². The van der Waals surface area contributed by atoms with E-state index in [-0.39, 0.29) is 70.7 Å². The average molecular weight is 1510 g/mol. The van der Waals surface area contributed by atoms with Crippen LogP contribution in [-0.4, -0.2) is 76.5 Å². The van der Waals surface area contributed by atoms with Crippen LogP contribution in [0.4, 0.5) is 30.7 Å². The van der Waals surface area contributed by atoms with E-state index in [4.69, 9.17) is 28.8 Å². The molecule has 6 aromatic carbocycles. The zero-order valence-electron chi connectivity index (χ0n) is 62.4. The highest BCUT2D eigenvalue weighted by Gasteiger charge is 2.76. The number of fused-ring (bicyclic) bond motifs is 2. The fourth-order valence-electron chi connectivity index (χ4n) is 14.6. The number of para-hydroxylation sites is 2. The van der Waals surface area contributed by atoms with Crippen LogP contribution in [0.3, 0.4) is 0 Å². The highest BCUT2D eigenvalue weighted by molar-refractivity contribution is 7.97. The largest absolute Gasteiger partial charge is 0.748 e. The molecule has 6 saturated carbocycles. The van der Waals surface area contributed by atoms with Crippen LogP contribution in [0.2, 0.25) is 0 Å². The normalized spacial score (nSPS) is 21.2. The smallest absolute Gasteiger partial charge is 0.438 e. The summed E-state index contributed by atoms with van der Waals surface area (Å²) < 4.78 is 163. The van der Waals surface area contributed by atoms with Crippen molar-refractivity contribution in [1.29, 1.82) is 0 Å². The summed E-state index contributed by atoms with van der Waals surface area (Å²) in [6.45, 7) is 23.6. The van der Waals surface area contributed by atoms with Crippen LogP contribution in [0.25, 0.3) is 0 Å². The van der Waals surface area contributed by atoms with Crippen LogP contribution >= 0.6 is 0 Å². The Bertz CT molecular complexity index is 3940. The fourth-order valence-corrected chi connectivity index (χ4v) is 17.7. The van der Waals surface area contributed by atoms with E-state index in [1.54, 1.807) is 39.0 Å². The van der Waals surface area contributed by atoms with E-state index in [0.717, 1.165) is 49.4 Å². The number of aromatic hydroxyl groups is 1. The lowest BCUT2D eigenvalue weighted by molar-refractivity contribution is -0.365. The van der Waals surface area contributed by atoms with E-state index in [9.17, 15) is 58.1 Å². The molecule has 6 aromatic rings. The maximum absolute atomic E-state index is 14.2. The second-order valence-corrected chi connectivity index (χ2v) is 34.5. The molecule has 0 spiro atoms. The van der Waals surface area contributed by atoms with E-state index >= 15 is 0 Å². The van der Waals surface area contributed by atoms with Gasteiger partial charge in [-0.1, -0.05) is 108 Å². The van der Waals surface area contributed by atoms with Crippen molar-refractivity contribution in [3.8, 4) is 34.5 Å². The molecule has 0 amide bonds. The Kier molecular flexibility index (Phi) is 26.9. The number of phenols is 1. The van der Waals surface area contributed by atoms with Crippen LogP contribution in [0.5, 0.6) is 34.5 Å². The number of esters is 3. The summed E-state index contributed by atoms with van der Waals surface area (Å²) in [5.74, 6) is -2.03. The lowest BCUT2D eigenvalue weighted by Gasteiger charge is -2.60. The summed E-state index contributed by atoms with van der Waals surface area (Å²) in [6.07, 6.45) is 0.267. The number of ether oxygens (including phenoxy) is 6. The minimum atomic E-state index is -6.43. The summed E-state index contributed by atoms with van der Waals surface area (Å²) in [5.41, 5.74) is -7.67.